The van der Waals surface area contributed by atoms with E-state index in [1.165, 1.54) is 54.6 Å². The first-order valence-electron chi connectivity index (χ1n) is 30.6. The number of aliphatic hydroxyl groups is 1. The number of carboxylic acid groups (broad SMARTS) is 1. The number of carbonyl (C=O) groups is 7. The van der Waals surface area contributed by atoms with Gasteiger partial charge >= 0.3 is 18.0 Å². The molecule has 0 spiro atoms. The van der Waals surface area contributed by atoms with Gasteiger partial charge in [-0.05, 0) is 70.7 Å². The number of alkyl carbamates (subject to hydrolysis) is 1. The highest BCUT2D eigenvalue weighted by atomic mass is 35.5. The van der Waals surface area contributed by atoms with Gasteiger partial charge in [0.15, 0.2) is 5.72 Å². The van der Waals surface area contributed by atoms with Gasteiger partial charge in [-0.1, -0.05) is 60.5 Å². The Kier molecular flexibility index (Phi) is 22.7. The largest absolute Gasteiger partial charge is 0.495 e. The molecule has 6 heterocycles. The molecule has 3 N–H and O–H groups in total. The van der Waals surface area contributed by atoms with Crippen LogP contribution in [0.2, 0.25) is 5.02 Å². The molecule has 3 aromatic rings. The maximum absolute atomic E-state index is 14.6. The summed E-state index contributed by atoms with van der Waals surface area (Å²) in [5, 5.41) is 29.2. The first-order valence-corrected chi connectivity index (χ1v) is 31.0. The van der Waals surface area contributed by atoms with Crippen molar-refractivity contribution in [3.63, 3.8) is 0 Å². The second-order valence-electron chi connectivity index (χ2n) is 24.3. The number of para-hydroxylation sites is 1. The average molecular weight is 1260 g/mol. The summed E-state index contributed by atoms with van der Waals surface area (Å²) in [6.45, 7) is 11.8. The van der Waals surface area contributed by atoms with Gasteiger partial charge in [0.2, 0.25) is 23.6 Å². The number of nitrogens with one attached hydrogen (secondary N) is 1. The number of likely N-dealkylation sites (N-methyl/N-ethyl adjacent to an activating group) is 1. The number of esters is 1. The number of rotatable bonds is 21. The van der Waals surface area contributed by atoms with E-state index in [0.717, 1.165) is 16.7 Å². The van der Waals surface area contributed by atoms with E-state index in [1.807, 2.05) is 30.0 Å². The molecule has 4 bridgehead atoms. The van der Waals surface area contributed by atoms with Crippen LogP contribution in [0.5, 0.6) is 5.75 Å². The zero-order chi connectivity index (χ0) is 64.6. The second kappa shape index (κ2) is 29.5. The molecule has 3 saturated heterocycles. The number of likely N-dealkylation sites (tertiary alicyclic amines) is 1. The van der Waals surface area contributed by atoms with Gasteiger partial charge in [-0.2, -0.15) is 0 Å². The van der Waals surface area contributed by atoms with Gasteiger partial charge in [0.25, 0.3) is 0 Å². The van der Waals surface area contributed by atoms with Crippen LogP contribution in [-0.2, 0) is 76.7 Å². The number of hydrazine groups is 1. The van der Waals surface area contributed by atoms with Gasteiger partial charge < -0.3 is 67.5 Å². The van der Waals surface area contributed by atoms with E-state index >= 15 is 0 Å². The number of aromatic nitrogens is 1. The van der Waals surface area contributed by atoms with Crippen molar-refractivity contribution in [2.45, 2.75) is 159 Å². The van der Waals surface area contributed by atoms with Crippen LogP contribution >= 0.6 is 11.6 Å². The maximum Gasteiger partial charge on any atom is 0.409 e. The number of halogens is 1. The number of carboxylic acids is 1. The molecule has 0 aliphatic carbocycles. The lowest BCUT2D eigenvalue weighted by Crippen LogP contribution is -2.63. The van der Waals surface area contributed by atoms with Crippen molar-refractivity contribution < 1.29 is 76.9 Å². The fourth-order valence-electron chi connectivity index (χ4n) is 12.8. The van der Waals surface area contributed by atoms with Crippen LogP contribution in [0.1, 0.15) is 109 Å². The molecule has 25 heteroatoms. The van der Waals surface area contributed by atoms with Gasteiger partial charge in [0, 0.05) is 127 Å². The highest BCUT2D eigenvalue weighted by molar-refractivity contribution is 6.35. The Balaban J connectivity index is 0.937. The highest BCUT2D eigenvalue weighted by Crippen LogP contribution is 2.49. The predicted octanol–water partition coefficient (Wildman–Crippen LogP) is 6.02. The molecular formula is C64H89ClN8O16. The number of fused-ring (bicyclic) bond motifs is 8. The van der Waals surface area contributed by atoms with E-state index in [-0.39, 0.29) is 87.6 Å². The first kappa shape index (κ1) is 68.3. The smallest absolute Gasteiger partial charge is 0.409 e. The molecule has 488 valence electrons. The molecule has 5 amide bonds. The fraction of sp³-hybridized carbons (Fsp3) is 0.609. The molecule has 24 nitrogen and oxygen atoms in total. The van der Waals surface area contributed by atoms with E-state index in [2.05, 4.69) is 53.1 Å². The molecule has 2 aromatic carbocycles. The van der Waals surface area contributed by atoms with Crippen LogP contribution in [0, 0.1) is 5.92 Å². The van der Waals surface area contributed by atoms with Crippen LogP contribution < -0.4 is 15.0 Å². The molecule has 1 aromatic heterocycles. The summed E-state index contributed by atoms with van der Waals surface area (Å²) in [5.41, 5.74) is 2.30. The summed E-state index contributed by atoms with van der Waals surface area (Å²) >= 11 is 6.88. The topological polar surface area (TPSA) is 264 Å². The SMILES string of the molecule is COc1cc2cc(c1Cl)N(C)C(=O)C[C@H](OC(=O)[C@H](C)N(C)C(=O)CCC(=O)N(CCOCCOCCC(=O)O)C1CCN(C(=O)CCn3c4c(c5ccccc53)C(C)N(C)N(C)C4)CC1)[C@]1(C)OC1[C@H](C)[C@@H]1C[C@@](O)(NC(=O)O1)[C@H](OC)/C=C/C=C(\C)C2. The Labute approximate surface area is 525 Å². The van der Waals surface area contributed by atoms with Crippen LogP contribution in [0.4, 0.5) is 10.5 Å². The lowest BCUT2D eigenvalue weighted by atomic mass is 9.83. The number of ether oxygens (including phenoxy) is 7. The number of aliphatic carboxylic acids is 1. The Morgan fingerprint density at radius 1 is 0.944 bits per heavy atom. The number of benzene rings is 2. The summed E-state index contributed by atoms with van der Waals surface area (Å²) in [7, 11) is 10.0. The maximum atomic E-state index is 14.6. The van der Waals surface area contributed by atoms with Gasteiger partial charge in [-0.15, -0.1) is 0 Å². The number of anilines is 1. The first-order chi connectivity index (χ1) is 42.3. The molecule has 3 fully saturated rings. The monoisotopic (exact) mass is 1260 g/mol. The minimum atomic E-state index is -1.90. The fourth-order valence-corrected chi connectivity index (χ4v) is 13.1. The van der Waals surface area contributed by atoms with E-state index < -0.39 is 84.0 Å². The van der Waals surface area contributed by atoms with E-state index in [9.17, 15) is 38.7 Å². The number of piperidine rings is 1. The molecule has 5 aliphatic rings. The van der Waals surface area contributed by atoms with Crippen LogP contribution in [0.15, 0.2) is 60.2 Å². The van der Waals surface area contributed by atoms with Crippen molar-refractivity contribution in [1.29, 1.82) is 0 Å². The van der Waals surface area contributed by atoms with Gasteiger partial charge in [-0.3, -0.25) is 29.3 Å². The average Bonchev–Trinajstić information content (AvgIpc) is 1.60. The molecule has 89 heavy (non-hydrogen) atoms. The van der Waals surface area contributed by atoms with Crippen molar-refractivity contribution in [1.82, 2.24) is 34.6 Å². The Morgan fingerprint density at radius 3 is 2.34 bits per heavy atom. The lowest BCUT2D eigenvalue weighted by molar-refractivity contribution is -0.162. The van der Waals surface area contributed by atoms with Crippen LogP contribution in [0.25, 0.3) is 10.9 Å². The van der Waals surface area contributed by atoms with Gasteiger partial charge in [-0.25, -0.2) is 19.6 Å². The molecule has 0 radical (unpaired) electrons. The summed E-state index contributed by atoms with van der Waals surface area (Å²) in [4.78, 5) is 102. The molecule has 8 rings (SSSR count). The number of hydrogen-bond acceptors (Lipinski definition) is 17. The summed E-state index contributed by atoms with van der Waals surface area (Å²) in [6.07, 6.45) is 0.866. The van der Waals surface area contributed by atoms with Gasteiger partial charge in [0.1, 0.15) is 40.7 Å². The van der Waals surface area contributed by atoms with E-state index in [1.54, 1.807) is 50.1 Å². The summed E-state index contributed by atoms with van der Waals surface area (Å²) < 4.78 is 43.2. The standard InChI is InChI=1S/C64H89ClN8O16/c1-39-15-14-18-51(84-11)64(82)37-50(87-62(81)66-64)40(2)60-63(5,89-60)52(36-56(77)69(8)47-34-43(33-39)35-49(83-10)59(47)65)88-61(80)42(4)68(7)53(74)19-20-55(76)72(28-30-86-32-31-85-29-24-57(78)79)44-21-25-71(26-22-44)54(75)23-27-73-46-17-13-12-16-45(46)58-41(3)70(9)67(6)38-48(58)73/h12-18,34-35,40-42,44,50-52,60,82H,19-33,36-38H2,1-11H3,(H,66,81)(H,78,79)/b18-14+,39-15+/t40-,41?,42+,50+,51-,52+,60?,63+,64+/m1/s1. The van der Waals surface area contributed by atoms with Crippen LogP contribution in [0.3, 0.4) is 0 Å². The predicted molar refractivity (Wildman–Crippen MR) is 330 cm³/mol. The van der Waals surface area contributed by atoms with Crippen molar-refractivity contribution in [3.05, 3.63) is 82.0 Å². The van der Waals surface area contributed by atoms with Gasteiger partial charge in [0.05, 0.1) is 64.7 Å². The third kappa shape index (κ3) is 15.8. The van der Waals surface area contributed by atoms with Crippen molar-refractivity contribution in [3.8, 4) is 5.75 Å². The third-order valence-corrected chi connectivity index (χ3v) is 18.9. The van der Waals surface area contributed by atoms with E-state index in [0.29, 0.717) is 63.3 Å². The summed E-state index contributed by atoms with van der Waals surface area (Å²) in [6, 6.07) is 10.5. The third-order valence-electron chi connectivity index (χ3n) is 18.5. The zero-order valence-corrected chi connectivity index (χ0v) is 53.9. The molecule has 0 saturated carbocycles. The van der Waals surface area contributed by atoms with Crippen molar-refractivity contribution >= 4 is 69.9 Å². The number of hydrogen-bond donors (Lipinski definition) is 3. The quantitative estimate of drug-likeness (QED) is 0.0625. The number of allylic oxidation sites excluding steroid dienone is 3. The number of nitrogens with zero attached hydrogens (tertiary/aromatic N) is 7. The lowest BCUT2D eigenvalue weighted by Gasteiger charge is -2.42. The Morgan fingerprint density at radius 2 is 1.64 bits per heavy atom. The minimum Gasteiger partial charge on any atom is -0.495 e. The molecular weight excluding hydrogens is 1170 g/mol. The van der Waals surface area contributed by atoms with Crippen molar-refractivity contribution in [2.75, 3.05) is 93.4 Å². The molecule has 2 unspecified atom stereocenters. The number of amides is 5. The highest BCUT2D eigenvalue weighted by Gasteiger charge is 2.64. The normalized spacial score (nSPS) is 26.6. The molecule has 9 atom stereocenters. The number of methoxy groups -OCH3 is 2. The number of aryl methyl sites for hydroxylation is 1. The Hall–Kier alpha value is -6.64. The van der Waals surface area contributed by atoms with Crippen LogP contribution in [-0.4, -0.2) is 217 Å². The van der Waals surface area contributed by atoms with E-state index in [4.69, 9.17) is 49.9 Å². The second-order valence-corrected chi connectivity index (χ2v) is 24.7. The zero-order valence-electron chi connectivity index (χ0n) is 53.2. The number of carbonyl (C=O) groups excluding carboxylic acids is 6. The minimum absolute atomic E-state index is 0.0201. The summed E-state index contributed by atoms with van der Waals surface area (Å²) in [5.74, 6) is -3.48. The number of epoxide rings is 1. The molecule has 5 aliphatic heterocycles. The Bertz CT molecular complexity index is 3150. The van der Waals surface area contributed by atoms with Crippen molar-refractivity contribution in [2.24, 2.45) is 5.92 Å².